The molecule has 0 saturated carbocycles. The van der Waals surface area contributed by atoms with Crippen molar-refractivity contribution in [3.05, 3.63) is 12.2 Å². The first-order valence-electron chi connectivity index (χ1n) is 3.21. The Morgan fingerprint density at radius 3 is 3.22 bits per heavy atom. The van der Waals surface area contributed by atoms with Crippen LogP contribution in [-0.2, 0) is 4.74 Å². The molecule has 2 heteroatoms. The Kier molecular flexibility index (Phi) is 2.31. The standard InChI is InChI=1S/C7H11NO/c1-2-3-4-7-8-5-6-9-7/h2-3H,4-6H2,1H3/b3-2+. The van der Waals surface area contributed by atoms with E-state index in [1.54, 1.807) is 0 Å². The van der Waals surface area contributed by atoms with Gasteiger partial charge in [0, 0.05) is 6.42 Å². The predicted octanol–water partition coefficient (Wildman–Crippen LogP) is 1.38. The van der Waals surface area contributed by atoms with Crippen molar-refractivity contribution >= 4 is 5.90 Å². The molecule has 2 nitrogen and oxygen atoms in total. The van der Waals surface area contributed by atoms with Gasteiger partial charge in [0.25, 0.3) is 0 Å². The van der Waals surface area contributed by atoms with Crippen molar-refractivity contribution in [2.75, 3.05) is 13.2 Å². The summed E-state index contributed by atoms with van der Waals surface area (Å²) in [7, 11) is 0. The van der Waals surface area contributed by atoms with Crippen LogP contribution in [0.4, 0.5) is 0 Å². The minimum Gasteiger partial charge on any atom is -0.479 e. The van der Waals surface area contributed by atoms with Crippen molar-refractivity contribution in [2.45, 2.75) is 13.3 Å². The second kappa shape index (κ2) is 3.28. The number of rotatable bonds is 2. The zero-order valence-corrected chi connectivity index (χ0v) is 5.63. The molecule has 50 valence electrons. The molecule has 0 atom stereocenters. The Labute approximate surface area is 55.2 Å². The van der Waals surface area contributed by atoms with Gasteiger partial charge in [0.05, 0.1) is 6.54 Å². The summed E-state index contributed by atoms with van der Waals surface area (Å²) in [6.07, 6.45) is 4.91. The Bertz CT molecular complexity index is 138. The highest BCUT2D eigenvalue weighted by Crippen LogP contribution is 1.98. The lowest BCUT2D eigenvalue weighted by Gasteiger charge is -1.93. The van der Waals surface area contributed by atoms with Gasteiger partial charge in [-0.15, -0.1) is 0 Å². The van der Waals surface area contributed by atoms with Crippen molar-refractivity contribution < 1.29 is 4.74 Å². The van der Waals surface area contributed by atoms with Gasteiger partial charge in [-0.1, -0.05) is 12.2 Å². The van der Waals surface area contributed by atoms with Crippen LogP contribution < -0.4 is 0 Å². The minimum atomic E-state index is 0.771. The zero-order valence-electron chi connectivity index (χ0n) is 5.63. The van der Waals surface area contributed by atoms with Crippen LogP contribution in [0.5, 0.6) is 0 Å². The first kappa shape index (κ1) is 6.33. The van der Waals surface area contributed by atoms with E-state index in [-0.39, 0.29) is 0 Å². The SMILES string of the molecule is C/C=C/CC1=NCCO1. The number of hydrogen-bond donors (Lipinski definition) is 0. The van der Waals surface area contributed by atoms with E-state index < -0.39 is 0 Å². The molecule has 1 rings (SSSR count). The van der Waals surface area contributed by atoms with Crippen LogP contribution >= 0.6 is 0 Å². The average Bonchev–Trinajstić information content (AvgIpc) is 2.34. The van der Waals surface area contributed by atoms with Crippen LogP contribution in [-0.4, -0.2) is 19.0 Å². The molecular formula is C7H11NO. The maximum absolute atomic E-state index is 5.15. The summed E-state index contributed by atoms with van der Waals surface area (Å²) < 4.78 is 5.15. The first-order chi connectivity index (χ1) is 4.43. The topological polar surface area (TPSA) is 21.6 Å². The molecule has 0 aromatic rings. The lowest BCUT2D eigenvalue weighted by atomic mass is 10.4. The van der Waals surface area contributed by atoms with Gasteiger partial charge >= 0.3 is 0 Å². The molecule has 0 bridgehead atoms. The van der Waals surface area contributed by atoms with E-state index in [1.165, 1.54) is 0 Å². The molecule has 0 amide bonds. The number of allylic oxidation sites excluding steroid dienone is 1. The number of hydrogen-bond acceptors (Lipinski definition) is 2. The summed E-state index contributed by atoms with van der Waals surface area (Å²) in [5.74, 6) is 0.883. The summed E-state index contributed by atoms with van der Waals surface area (Å²) in [5.41, 5.74) is 0. The fourth-order valence-electron chi connectivity index (χ4n) is 0.722. The monoisotopic (exact) mass is 125 g/mol. The quantitative estimate of drug-likeness (QED) is 0.511. The Hall–Kier alpha value is -0.790. The van der Waals surface area contributed by atoms with Crippen LogP contribution in [0.3, 0.4) is 0 Å². The van der Waals surface area contributed by atoms with Gasteiger partial charge in [-0.3, -0.25) is 4.99 Å². The van der Waals surface area contributed by atoms with Crippen LogP contribution in [0.25, 0.3) is 0 Å². The van der Waals surface area contributed by atoms with E-state index in [0.29, 0.717) is 0 Å². The van der Waals surface area contributed by atoms with Gasteiger partial charge in [-0.05, 0) is 6.92 Å². The predicted molar refractivity (Wildman–Crippen MR) is 37.7 cm³/mol. The summed E-state index contributed by atoms with van der Waals surface area (Å²) in [4.78, 5) is 4.12. The van der Waals surface area contributed by atoms with E-state index in [9.17, 15) is 0 Å². The summed E-state index contributed by atoms with van der Waals surface area (Å²) in [5, 5.41) is 0. The normalized spacial score (nSPS) is 18.1. The molecular weight excluding hydrogens is 114 g/mol. The minimum absolute atomic E-state index is 0.771. The third-order valence-corrected chi connectivity index (χ3v) is 1.18. The van der Waals surface area contributed by atoms with Crippen molar-refractivity contribution in [3.63, 3.8) is 0 Å². The Morgan fingerprint density at radius 1 is 1.78 bits per heavy atom. The number of nitrogens with zero attached hydrogens (tertiary/aromatic N) is 1. The third kappa shape index (κ3) is 1.88. The maximum Gasteiger partial charge on any atom is 0.187 e. The van der Waals surface area contributed by atoms with E-state index in [4.69, 9.17) is 4.74 Å². The smallest absolute Gasteiger partial charge is 0.187 e. The van der Waals surface area contributed by atoms with Crippen LogP contribution in [0, 0.1) is 0 Å². The molecule has 0 N–H and O–H groups in total. The molecule has 1 aliphatic heterocycles. The van der Waals surface area contributed by atoms with Crippen LogP contribution in [0.15, 0.2) is 17.1 Å². The molecule has 0 radical (unpaired) electrons. The van der Waals surface area contributed by atoms with E-state index >= 15 is 0 Å². The molecule has 0 aromatic heterocycles. The first-order valence-corrected chi connectivity index (χ1v) is 3.21. The molecule has 0 saturated heterocycles. The molecule has 1 heterocycles. The molecule has 0 fully saturated rings. The largest absolute Gasteiger partial charge is 0.479 e. The summed E-state index contributed by atoms with van der Waals surface area (Å²) in [6.45, 7) is 3.61. The van der Waals surface area contributed by atoms with Crippen molar-refractivity contribution in [1.29, 1.82) is 0 Å². The van der Waals surface area contributed by atoms with Crippen molar-refractivity contribution in [1.82, 2.24) is 0 Å². The van der Waals surface area contributed by atoms with E-state index in [0.717, 1.165) is 25.5 Å². The van der Waals surface area contributed by atoms with Gasteiger partial charge in [0.1, 0.15) is 6.61 Å². The maximum atomic E-state index is 5.15. The third-order valence-electron chi connectivity index (χ3n) is 1.18. The van der Waals surface area contributed by atoms with Gasteiger partial charge < -0.3 is 4.74 Å². The van der Waals surface area contributed by atoms with Crippen molar-refractivity contribution in [2.24, 2.45) is 4.99 Å². The number of aliphatic imine (C=N–C) groups is 1. The molecule has 0 unspecified atom stereocenters. The Balaban J connectivity index is 2.26. The molecule has 9 heavy (non-hydrogen) atoms. The molecule has 1 aliphatic rings. The second-order valence-electron chi connectivity index (χ2n) is 1.90. The zero-order chi connectivity index (χ0) is 6.53. The summed E-state index contributed by atoms with van der Waals surface area (Å²) >= 11 is 0. The highest BCUT2D eigenvalue weighted by Gasteiger charge is 2.02. The summed E-state index contributed by atoms with van der Waals surface area (Å²) in [6, 6.07) is 0. The Morgan fingerprint density at radius 2 is 2.67 bits per heavy atom. The van der Waals surface area contributed by atoms with Crippen molar-refractivity contribution in [3.8, 4) is 0 Å². The fourth-order valence-corrected chi connectivity index (χ4v) is 0.722. The molecule has 0 aliphatic carbocycles. The van der Waals surface area contributed by atoms with Gasteiger partial charge in [-0.2, -0.15) is 0 Å². The molecule has 0 spiro atoms. The van der Waals surface area contributed by atoms with E-state index in [2.05, 4.69) is 4.99 Å². The van der Waals surface area contributed by atoms with Gasteiger partial charge in [-0.25, -0.2) is 0 Å². The lowest BCUT2D eigenvalue weighted by molar-refractivity contribution is 0.341. The highest BCUT2D eigenvalue weighted by molar-refractivity contribution is 5.78. The van der Waals surface area contributed by atoms with Gasteiger partial charge in [0.2, 0.25) is 0 Å². The van der Waals surface area contributed by atoms with Crippen LogP contribution in [0.2, 0.25) is 0 Å². The highest BCUT2D eigenvalue weighted by atomic mass is 16.5. The fraction of sp³-hybridized carbons (Fsp3) is 0.571. The van der Waals surface area contributed by atoms with E-state index in [1.807, 2.05) is 19.1 Å². The molecule has 0 aromatic carbocycles. The number of ether oxygens (including phenoxy) is 1. The second-order valence-corrected chi connectivity index (χ2v) is 1.90. The van der Waals surface area contributed by atoms with Crippen LogP contribution in [0.1, 0.15) is 13.3 Å². The lowest BCUT2D eigenvalue weighted by Crippen LogP contribution is -1.95. The average molecular weight is 125 g/mol. The van der Waals surface area contributed by atoms with Gasteiger partial charge in [0.15, 0.2) is 5.90 Å².